The molecule has 0 saturated carbocycles. The first-order chi connectivity index (χ1) is 15.6. The Kier molecular flexibility index (Phi) is 6.64. The van der Waals surface area contributed by atoms with Crippen LogP contribution in [-0.4, -0.2) is 26.3 Å². The highest BCUT2D eigenvalue weighted by Gasteiger charge is 2.09. The molecule has 3 aromatic carbocycles. The first-order valence-electron chi connectivity index (χ1n) is 9.44. The largest absolute Gasteiger partial charge is 0.506 e. The molecule has 1 aromatic heterocycles. The third-order valence-corrected chi connectivity index (χ3v) is 4.63. The summed E-state index contributed by atoms with van der Waals surface area (Å²) in [6.07, 6.45) is 1.37. The molecule has 0 saturated heterocycles. The van der Waals surface area contributed by atoms with Crippen LogP contribution in [0.1, 0.15) is 5.56 Å². The van der Waals surface area contributed by atoms with Gasteiger partial charge in [-0.15, -0.1) is 0 Å². The van der Waals surface area contributed by atoms with Crippen LogP contribution in [0.25, 0.3) is 0 Å². The average Bonchev–Trinajstić information content (AvgIpc) is 2.78. The molecule has 32 heavy (non-hydrogen) atoms. The van der Waals surface area contributed by atoms with Crippen LogP contribution in [0.5, 0.6) is 5.75 Å². The highest BCUT2D eigenvalue weighted by molar-refractivity contribution is 6.36. The molecule has 0 aliphatic carbocycles. The molecule has 0 amide bonds. The van der Waals surface area contributed by atoms with E-state index in [2.05, 4.69) is 36.1 Å². The Morgan fingerprint density at radius 2 is 1.28 bits per heavy atom. The summed E-state index contributed by atoms with van der Waals surface area (Å²) in [5.74, 6) is 0.683. The van der Waals surface area contributed by atoms with Crippen LogP contribution in [0.3, 0.4) is 0 Å². The molecule has 0 fully saturated rings. The minimum Gasteiger partial charge on any atom is -0.506 e. The third kappa shape index (κ3) is 5.63. The number of phenols is 1. The van der Waals surface area contributed by atoms with Crippen LogP contribution in [0.4, 0.5) is 29.2 Å². The number of hydrazone groups is 1. The van der Waals surface area contributed by atoms with E-state index in [1.54, 1.807) is 0 Å². The van der Waals surface area contributed by atoms with Crippen LogP contribution in [0.15, 0.2) is 77.9 Å². The zero-order valence-electron chi connectivity index (χ0n) is 16.5. The fourth-order valence-corrected chi connectivity index (χ4v) is 3.19. The van der Waals surface area contributed by atoms with Gasteiger partial charge in [0.25, 0.3) is 0 Å². The summed E-state index contributed by atoms with van der Waals surface area (Å²) in [5.41, 5.74) is 4.72. The SMILES string of the molecule is Oc1c(Cl)cc(Cl)cc1/C=N/Nc1nc(Nc2ccccc2)nc(Nc2ccccc2)n1. The van der Waals surface area contributed by atoms with Gasteiger partial charge >= 0.3 is 0 Å². The molecule has 160 valence electrons. The Labute approximate surface area is 194 Å². The van der Waals surface area contributed by atoms with Crippen LogP contribution in [-0.2, 0) is 0 Å². The van der Waals surface area contributed by atoms with E-state index in [0.29, 0.717) is 22.5 Å². The van der Waals surface area contributed by atoms with Crippen LogP contribution < -0.4 is 16.1 Å². The number of para-hydroxylation sites is 2. The van der Waals surface area contributed by atoms with Crippen LogP contribution >= 0.6 is 23.2 Å². The minimum absolute atomic E-state index is 0.128. The molecular formula is C22H17Cl2N7O. The number of nitrogens with one attached hydrogen (secondary N) is 3. The lowest BCUT2D eigenvalue weighted by atomic mass is 10.2. The molecule has 4 rings (SSSR count). The zero-order valence-corrected chi connectivity index (χ0v) is 18.0. The number of rotatable bonds is 7. The molecular weight excluding hydrogens is 449 g/mol. The highest BCUT2D eigenvalue weighted by Crippen LogP contribution is 2.30. The van der Waals surface area contributed by atoms with Gasteiger partial charge in [0, 0.05) is 22.0 Å². The summed E-state index contributed by atoms with van der Waals surface area (Å²) in [6.45, 7) is 0. The third-order valence-electron chi connectivity index (χ3n) is 4.12. The Balaban J connectivity index is 1.59. The molecule has 0 aliphatic heterocycles. The maximum absolute atomic E-state index is 10.1. The lowest BCUT2D eigenvalue weighted by molar-refractivity contribution is 0.475. The van der Waals surface area contributed by atoms with E-state index >= 15 is 0 Å². The van der Waals surface area contributed by atoms with Gasteiger partial charge in [0.05, 0.1) is 11.2 Å². The maximum atomic E-state index is 10.1. The van der Waals surface area contributed by atoms with E-state index in [-0.39, 0.29) is 16.7 Å². The molecule has 0 bridgehead atoms. The second-order valence-electron chi connectivity index (χ2n) is 6.48. The van der Waals surface area contributed by atoms with Crippen molar-refractivity contribution in [3.63, 3.8) is 0 Å². The number of halogens is 2. The van der Waals surface area contributed by atoms with Gasteiger partial charge in [-0.1, -0.05) is 59.6 Å². The zero-order chi connectivity index (χ0) is 22.3. The van der Waals surface area contributed by atoms with Crippen LogP contribution in [0, 0.1) is 0 Å². The average molecular weight is 466 g/mol. The monoisotopic (exact) mass is 465 g/mol. The van der Waals surface area contributed by atoms with E-state index in [1.807, 2.05) is 60.7 Å². The predicted molar refractivity (Wildman–Crippen MR) is 129 cm³/mol. The van der Waals surface area contributed by atoms with E-state index in [0.717, 1.165) is 11.4 Å². The standard InChI is InChI=1S/C22H17Cl2N7O/c23-15-11-14(19(32)18(24)12-15)13-25-31-22-29-20(26-16-7-3-1-4-8-16)28-21(30-22)27-17-9-5-2-6-10-17/h1-13,32H,(H3,26,27,28,29,30,31)/b25-13+. The number of hydrogen-bond acceptors (Lipinski definition) is 8. The number of phenolic OH excluding ortho intramolecular Hbond substituents is 1. The Morgan fingerprint density at radius 1 is 0.750 bits per heavy atom. The van der Waals surface area contributed by atoms with Crippen molar-refractivity contribution in [1.82, 2.24) is 15.0 Å². The van der Waals surface area contributed by atoms with Gasteiger partial charge in [-0.25, -0.2) is 5.43 Å². The Hall–Kier alpha value is -3.88. The van der Waals surface area contributed by atoms with Crippen molar-refractivity contribution in [3.05, 3.63) is 88.4 Å². The van der Waals surface area contributed by atoms with Crippen molar-refractivity contribution >= 4 is 58.6 Å². The van der Waals surface area contributed by atoms with Gasteiger partial charge in [0.2, 0.25) is 17.8 Å². The van der Waals surface area contributed by atoms with Crippen LogP contribution in [0.2, 0.25) is 10.0 Å². The summed E-state index contributed by atoms with van der Waals surface area (Å²) < 4.78 is 0. The Morgan fingerprint density at radius 3 is 1.84 bits per heavy atom. The summed E-state index contributed by atoms with van der Waals surface area (Å²) in [7, 11) is 0. The van der Waals surface area contributed by atoms with Crippen molar-refractivity contribution in [2.75, 3.05) is 16.1 Å². The molecule has 8 nitrogen and oxygen atoms in total. The first-order valence-corrected chi connectivity index (χ1v) is 10.2. The van der Waals surface area contributed by atoms with Gasteiger partial charge < -0.3 is 15.7 Å². The molecule has 0 unspecified atom stereocenters. The lowest BCUT2D eigenvalue weighted by Gasteiger charge is -2.10. The molecule has 10 heteroatoms. The maximum Gasteiger partial charge on any atom is 0.250 e. The van der Waals surface area contributed by atoms with Crippen molar-refractivity contribution < 1.29 is 5.11 Å². The normalized spacial score (nSPS) is 10.8. The number of aromatic nitrogens is 3. The highest BCUT2D eigenvalue weighted by atomic mass is 35.5. The molecule has 1 heterocycles. The van der Waals surface area contributed by atoms with Crippen molar-refractivity contribution in [2.45, 2.75) is 0 Å². The smallest absolute Gasteiger partial charge is 0.250 e. The lowest BCUT2D eigenvalue weighted by Crippen LogP contribution is -2.07. The Bertz CT molecular complexity index is 1180. The van der Waals surface area contributed by atoms with Gasteiger partial charge in [0.1, 0.15) is 5.75 Å². The predicted octanol–water partition coefficient (Wildman–Crippen LogP) is 5.82. The second kappa shape index (κ2) is 9.95. The summed E-state index contributed by atoms with van der Waals surface area (Å²) in [5, 5.41) is 20.9. The van der Waals surface area contributed by atoms with Gasteiger partial charge in [-0.3, -0.25) is 0 Å². The minimum atomic E-state index is -0.130. The molecule has 0 atom stereocenters. The topological polar surface area (TPSA) is 107 Å². The van der Waals surface area contributed by atoms with Gasteiger partial charge in [0.15, 0.2) is 0 Å². The second-order valence-corrected chi connectivity index (χ2v) is 7.33. The fourth-order valence-electron chi connectivity index (χ4n) is 2.68. The number of hydrogen-bond donors (Lipinski definition) is 4. The number of anilines is 5. The molecule has 0 aliphatic rings. The fraction of sp³-hybridized carbons (Fsp3) is 0. The van der Waals surface area contributed by atoms with Crippen molar-refractivity contribution in [1.29, 1.82) is 0 Å². The first kappa shape index (κ1) is 21.4. The molecule has 0 spiro atoms. The van der Waals surface area contributed by atoms with Crippen molar-refractivity contribution in [3.8, 4) is 5.75 Å². The number of aromatic hydroxyl groups is 1. The van der Waals surface area contributed by atoms with E-state index < -0.39 is 0 Å². The molecule has 4 N–H and O–H groups in total. The van der Waals surface area contributed by atoms with Gasteiger partial charge in [-0.2, -0.15) is 20.1 Å². The summed E-state index contributed by atoms with van der Waals surface area (Å²) >= 11 is 11.9. The number of nitrogens with zero attached hydrogens (tertiary/aromatic N) is 4. The van der Waals surface area contributed by atoms with E-state index in [9.17, 15) is 5.11 Å². The van der Waals surface area contributed by atoms with Gasteiger partial charge in [-0.05, 0) is 36.4 Å². The van der Waals surface area contributed by atoms with E-state index in [4.69, 9.17) is 23.2 Å². The number of benzene rings is 3. The summed E-state index contributed by atoms with van der Waals surface area (Å²) in [6, 6.07) is 22.0. The summed E-state index contributed by atoms with van der Waals surface area (Å²) in [4.78, 5) is 13.1. The molecule has 4 aromatic rings. The van der Waals surface area contributed by atoms with Crippen molar-refractivity contribution in [2.24, 2.45) is 5.10 Å². The quantitative estimate of drug-likeness (QED) is 0.201. The molecule has 0 radical (unpaired) electrons. The van der Waals surface area contributed by atoms with E-state index in [1.165, 1.54) is 18.3 Å².